The summed E-state index contributed by atoms with van der Waals surface area (Å²) in [5.74, 6) is -0.511. The number of rotatable bonds is 5. The van der Waals surface area contributed by atoms with Gasteiger partial charge in [0.1, 0.15) is 5.82 Å². The van der Waals surface area contributed by atoms with Crippen LogP contribution in [0, 0.1) is 12.7 Å². The molecule has 1 rings (SSSR count). The van der Waals surface area contributed by atoms with E-state index in [9.17, 15) is 9.18 Å². The van der Waals surface area contributed by atoms with E-state index in [0.29, 0.717) is 12.1 Å². The van der Waals surface area contributed by atoms with Gasteiger partial charge in [0, 0.05) is 11.8 Å². The van der Waals surface area contributed by atoms with Crippen molar-refractivity contribution in [1.82, 2.24) is 0 Å². The largest absolute Gasteiger partial charge is 0.323 e. The molecule has 1 aromatic rings. The van der Waals surface area contributed by atoms with E-state index in [0.717, 1.165) is 23.7 Å². The molecule has 2 nitrogen and oxygen atoms in total. The number of halogens is 2. The Morgan fingerprint density at radius 3 is 2.81 bits per heavy atom. The molecule has 0 aliphatic carbocycles. The minimum atomic E-state index is -0.381. The summed E-state index contributed by atoms with van der Waals surface area (Å²) < 4.78 is 13.4. The van der Waals surface area contributed by atoms with Crippen LogP contribution in [0.3, 0.4) is 0 Å². The summed E-state index contributed by atoms with van der Waals surface area (Å²) in [5, 5.41) is 3.50. The summed E-state index contributed by atoms with van der Waals surface area (Å²) in [6, 6.07) is 4.75. The third-order valence-corrected chi connectivity index (χ3v) is 2.83. The summed E-state index contributed by atoms with van der Waals surface area (Å²) in [5.41, 5.74) is 1.04. The number of benzene rings is 1. The highest BCUT2D eigenvalue weighted by Crippen LogP contribution is 2.19. The minimum Gasteiger partial charge on any atom is -0.323 e. The number of amides is 1. The third-order valence-electron chi connectivity index (χ3n) is 2.27. The average molecular weight is 288 g/mol. The molecule has 0 saturated heterocycles. The number of para-hydroxylation sites is 1. The molecule has 0 heterocycles. The predicted octanol–water partition coefficient (Wildman–Crippen LogP) is 3.64. The van der Waals surface area contributed by atoms with Crippen LogP contribution in [-0.4, -0.2) is 11.2 Å². The van der Waals surface area contributed by atoms with Crippen LogP contribution in [0.5, 0.6) is 0 Å². The molecule has 0 saturated carbocycles. The molecular weight excluding hydrogens is 273 g/mol. The first-order valence-corrected chi connectivity index (χ1v) is 6.38. The van der Waals surface area contributed by atoms with Gasteiger partial charge in [-0.15, -0.1) is 0 Å². The SMILES string of the molecule is Cc1cccc(F)c1NC(=O)CCCCBr. The van der Waals surface area contributed by atoms with Crippen LogP contribution in [0.2, 0.25) is 0 Å². The topological polar surface area (TPSA) is 29.1 Å². The summed E-state index contributed by atoms with van der Waals surface area (Å²) in [4.78, 5) is 11.5. The van der Waals surface area contributed by atoms with Gasteiger partial charge in [0.05, 0.1) is 5.69 Å². The van der Waals surface area contributed by atoms with E-state index in [1.54, 1.807) is 19.1 Å². The lowest BCUT2D eigenvalue weighted by Crippen LogP contribution is -2.13. The summed E-state index contributed by atoms with van der Waals surface area (Å²) in [6.07, 6.45) is 2.19. The van der Waals surface area contributed by atoms with E-state index in [1.807, 2.05) is 0 Å². The zero-order valence-corrected chi connectivity index (χ0v) is 10.8. The minimum absolute atomic E-state index is 0.130. The normalized spacial score (nSPS) is 10.2. The molecule has 1 N–H and O–H groups in total. The first-order valence-electron chi connectivity index (χ1n) is 5.26. The highest BCUT2D eigenvalue weighted by Gasteiger charge is 2.08. The average Bonchev–Trinajstić information content (AvgIpc) is 2.24. The molecule has 4 heteroatoms. The van der Waals surface area contributed by atoms with Gasteiger partial charge < -0.3 is 5.32 Å². The molecule has 0 aromatic heterocycles. The second-order valence-electron chi connectivity index (χ2n) is 3.63. The van der Waals surface area contributed by atoms with E-state index >= 15 is 0 Å². The maximum absolute atomic E-state index is 13.4. The Kier molecular flexibility index (Phi) is 5.46. The van der Waals surface area contributed by atoms with Crippen molar-refractivity contribution < 1.29 is 9.18 Å². The first-order chi connectivity index (χ1) is 7.65. The van der Waals surface area contributed by atoms with Crippen LogP contribution in [0.15, 0.2) is 18.2 Å². The number of nitrogens with one attached hydrogen (secondary N) is 1. The number of carbonyl (C=O) groups excluding carboxylic acids is 1. The Labute approximate surface area is 103 Å². The van der Waals surface area contributed by atoms with Gasteiger partial charge in [-0.3, -0.25) is 4.79 Å². The van der Waals surface area contributed by atoms with E-state index in [1.165, 1.54) is 6.07 Å². The smallest absolute Gasteiger partial charge is 0.224 e. The van der Waals surface area contributed by atoms with Crippen molar-refractivity contribution in [3.05, 3.63) is 29.6 Å². The maximum atomic E-state index is 13.4. The van der Waals surface area contributed by atoms with Crippen molar-refractivity contribution in [1.29, 1.82) is 0 Å². The van der Waals surface area contributed by atoms with Crippen molar-refractivity contribution in [2.75, 3.05) is 10.6 Å². The Morgan fingerprint density at radius 1 is 1.44 bits per heavy atom. The lowest BCUT2D eigenvalue weighted by molar-refractivity contribution is -0.116. The highest BCUT2D eigenvalue weighted by molar-refractivity contribution is 9.09. The van der Waals surface area contributed by atoms with Gasteiger partial charge in [-0.25, -0.2) is 4.39 Å². The molecule has 16 heavy (non-hydrogen) atoms. The van der Waals surface area contributed by atoms with E-state index < -0.39 is 0 Å². The summed E-state index contributed by atoms with van der Waals surface area (Å²) >= 11 is 3.30. The Balaban J connectivity index is 2.56. The number of anilines is 1. The zero-order valence-electron chi connectivity index (χ0n) is 9.22. The number of alkyl halides is 1. The molecule has 0 bridgehead atoms. The van der Waals surface area contributed by atoms with Gasteiger partial charge in [0.15, 0.2) is 0 Å². The summed E-state index contributed by atoms with van der Waals surface area (Å²) in [6.45, 7) is 1.77. The maximum Gasteiger partial charge on any atom is 0.224 e. The molecule has 88 valence electrons. The fourth-order valence-corrected chi connectivity index (χ4v) is 1.77. The van der Waals surface area contributed by atoms with Crippen molar-refractivity contribution in [2.45, 2.75) is 26.2 Å². The second kappa shape index (κ2) is 6.63. The highest BCUT2D eigenvalue weighted by atomic mass is 79.9. The van der Waals surface area contributed by atoms with Crippen LogP contribution in [-0.2, 0) is 4.79 Å². The molecular formula is C12H15BrFNO. The van der Waals surface area contributed by atoms with E-state index in [2.05, 4.69) is 21.2 Å². The number of aryl methyl sites for hydroxylation is 1. The second-order valence-corrected chi connectivity index (χ2v) is 4.42. The summed E-state index contributed by atoms with van der Waals surface area (Å²) in [7, 11) is 0. The first kappa shape index (κ1) is 13.2. The van der Waals surface area contributed by atoms with E-state index in [-0.39, 0.29) is 11.7 Å². The fourth-order valence-electron chi connectivity index (χ4n) is 1.37. The number of unbranched alkanes of at least 4 members (excludes halogenated alkanes) is 1. The number of hydrogen-bond acceptors (Lipinski definition) is 1. The predicted molar refractivity (Wildman–Crippen MR) is 67.4 cm³/mol. The van der Waals surface area contributed by atoms with Gasteiger partial charge in [-0.2, -0.15) is 0 Å². The Bertz CT molecular complexity index is 348. The molecule has 1 aromatic carbocycles. The lowest BCUT2D eigenvalue weighted by atomic mass is 10.2. The molecule has 0 radical (unpaired) electrons. The molecule has 0 unspecified atom stereocenters. The van der Waals surface area contributed by atoms with Gasteiger partial charge in [0.2, 0.25) is 5.91 Å². The van der Waals surface area contributed by atoms with Crippen LogP contribution in [0.4, 0.5) is 10.1 Å². The van der Waals surface area contributed by atoms with Gasteiger partial charge >= 0.3 is 0 Å². The van der Waals surface area contributed by atoms with Crippen molar-refractivity contribution >= 4 is 27.5 Å². The van der Waals surface area contributed by atoms with Crippen molar-refractivity contribution in [3.63, 3.8) is 0 Å². The number of hydrogen-bond donors (Lipinski definition) is 1. The van der Waals surface area contributed by atoms with Crippen LogP contribution < -0.4 is 5.32 Å². The van der Waals surface area contributed by atoms with Gasteiger partial charge in [0.25, 0.3) is 0 Å². The standard InChI is InChI=1S/C12H15BrFNO/c1-9-5-4-6-10(14)12(9)15-11(16)7-2-3-8-13/h4-6H,2-3,7-8H2,1H3,(H,15,16). The molecule has 0 aliphatic rings. The van der Waals surface area contributed by atoms with Gasteiger partial charge in [-0.05, 0) is 31.4 Å². The monoisotopic (exact) mass is 287 g/mol. The quantitative estimate of drug-likeness (QED) is 0.650. The fraction of sp³-hybridized carbons (Fsp3) is 0.417. The molecule has 1 amide bonds. The lowest BCUT2D eigenvalue weighted by Gasteiger charge is -2.08. The van der Waals surface area contributed by atoms with Gasteiger partial charge in [-0.1, -0.05) is 28.1 Å². The van der Waals surface area contributed by atoms with Crippen molar-refractivity contribution in [2.24, 2.45) is 0 Å². The van der Waals surface area contributed by atoms with Crippen molar-refractivity contribution in [3.8, 4) is 0 Å². The Morgan fingerprint density at radius 2 is 2.19 bits per heavy atom. The number of carbonyl (C=O) groups is 1. The molecule has 0 fully saturated rings. The zero-order chi connectivity index (χ0) is 12.0. The molecule has 0 atom stereocenters. The molecule has 0 spiro atoms. The Hall–Kier alpha value is -0.900. The van der Waals surface area contributed by atoms with Crippen LogP contribution in [0.1, 0.15) is 24.8 Å². The molecule has 0 aliphatic heterocycles. The van der Waals surface area contributed by atoms with Crippen LogP contribution >= 0.6 is 15.9 Å². The van der Waals surface area contributed by atoms with E-state index in [4.69, 9.17) is 0 Å². The van der Waals surface area contributed by atoms with Crippen LogP contribution in [0.25, 0.3) is 0 Å². The third kappa shape index (κ3) is 3.93.